The Labute approximate surface area is 270 Å². The number of hydrogen-bond donors (Lipinski definition) is 1. The number of methoxy groups -OCH3 is 1. The minimum atomic E-state index is -4.24. The molecular weight excluding hydrogens is 610 g/mol. The van der Waals surface area contributed by atoms with Gasteiger partial charge in [-0.25, -0.2) is 8.42 Å². The summed E-state index contributed by atoms with van der Waals surface area (Å²) in [6, 6.07) is 29.9. The molecule has 0 aliphatic rings. The van der Waals surface area contributed by atoms with Crippen LogP contribution in [-0.4, -0.2) is 50.4 Å². The Bertz CT molecular complexity index is 1710. The quantitative estimate of drug-likeness (QED) is 0.201. The first-order chi connectivity index (χ1) is 21.4. The highest BCUT2D eigenvalue weighted by molar-refractivity contribution is 7.92. The van der Waals surface area contributed by atoms with Crippen molar-refractivity contribution in [3.8, 4) is 5.75 Å². The summed E-state index contributed by atoms with van der Waals surface area (Å²) in [5, 5.41) is 3.49. The average molecular weight is 648 g/mol. The molecule has 0 radical (unpaired) electrons. The van der Waals surface area contributed by atoms with Crippen LogP contribution < -0.4 is 14.4 Å². The van der Waals surface area contributed by atoms with Crippen LogP contribution in [0, 0.1) is 0 Å². The number of benzene rings is 4. The number of sulfonamides is 1. The van der Waals surface area contributed by atoms with E-state index in [0.29, 0.717) is 10.6 Å². The maximum Gasteiger partial charge on any atom is 0.264 e. The van der Waals surface area contributed by atoms with E-state index < -0.39 is 34.1 Å². The van der Waals surface area contributed by atoms with Crippen LogP contribution in [0.25, 0.3) is 0 Å². The Morgan fingerprint density at radius 1 is 0.844 bits per heavy atom. The van der Waals surface area contributed by atoms with Crippen LogP contribution in [0.5, 0.6) is 5.75 Å². The zero-order valence-corrected chi connectivity index (χ0v) is 27.4. The van der Waals surface area contributed by atoms with E-state index in [2.05, 4.69) is 5.32 Å². The number of anilines is 1. The number of ether oxygens (including phenoxy) is 1. The largest absolute Gasteiger partial charge is 0.495 e. The molecule has 0 fully saturated rings. The van der Waals surface area contributed by atoms with Gasteiger partial charge >= 0.3 is 0 Å². The van der Waals surface area contributed by atoms with Gasteiger partial charge in [-0.05, 0) is 68.3 Å². The lowest BCUT2D eigenvalue weighted by Gasteiger charge is -2.35. The van der Waals surface area contributed by atoms with Crippen molar-refractivity contribution in [2.45, 2.75) is 50.2 Å². The van der Waals surface area contributed by atoms with E-state index in [4.69, 9.17) is 16.3 Å². The number of rotatable bonds is 12. The third-order valence-electron chi connectivity index (χ3n) is 6.98. The molecule has 4 aromatic carbocycles. The molecule has 10 heteroatoms. The maximum absolute atomic E-state index is 14.6. The van der Waals surface area contributed by atoms with Crippen molar-refractivity contribution in [3.05, 3.63) is 125 Å². The molecule has 0 spiro atoms. The van der Waals surface area contributed by atoms with E-state index in [1.165, 1.54) is 24.1 Å². The first-order valence-electron chi connectivity index (χ1n) is 14.5. The van der Waals surface area contributed by atoms with Crippen molar-refractivity contribution in [1.29, 1.82) is 0 Å². The van der Waals surface area contributed by atoms with E-state index in [-0.39, 0.29) is 35.2 Å². The highest BCUT2D eigenvalue weighted by Gasteiger charge is 2.36. The van der Waals surface area contributed by atoms with Crippen molar-refractivity contribution >= 4 is 39.1 Å². The Morgan fingerprint density at radius 3 is 2.07 bits per heavy atom. The van der Waals surface area contributed by atoms with Crippen LogP contribution >= 0.6 is 11.6 Å². The summed E-state index contributed by atoms with van der Waals surface area (Å²) in [5.74, 6) is -0.667. The van der Waals surface area contributed by atoms with Crippen molar-refractivity contribution in [3.63, 3.8) is 0 Å². The monoisotopic (exact) mass is 647 g/mol. The molecule has 0 heterocycles. The number of carbonyl (C=O) groups is 2. The number of carbonyl (C=O) groups excluding carboxylic acids is 2. The molecule has 45 heavy (non-hydrogen) atoms. The first-order valence-corrected chi connectivity index (χ1v) is 16.3. The van der Waals surface area contributed by atoms with Gasteiger partial charge in [0.2, 0.25) is 11.8 Å². The molecule has 0 aliphatic carbocycles. The number of nitrogens with one attached hydrogen (secondary N) is 1. The second-order valence-electron chi connectivity index (χ2n) is 11.6. The van der Waals surface area contributed by atoms with Crippen molar-refractivity contribution in [1.82, 2.24) is 10.2 Å². The van der Waals surface area contributed by atoms with Gasteiger partial charge in [-0.2, -0.15) is 0 Å². The van der Waals surface area contributed by atoms with Gasteiger partial charge in [-0.1, -0.05) is 84.4 Å². The third-order valence-corrected chi connectivity index (χ3v) is 8.98. The molecule has 2 amide bonds. The number of nitrogens with zero attached hydrogens (tertiary/aromatic N) is 2. The molecular formula is C35H38ClN3O5S. The Hall–Kier alpha value is -4.34. The smallest absolute Gasteiger partial charge is 0.264 e. The van der Waals surface area contributed by atoms with Crippen LogP contribution in [-0.2, 0) is 32.6 Å². The number of amides is 2. The predicted octanol–water partition coefficient (Wildman–Crippen LogP) is 6.10. The van der Waals surface area contributed by atoms with Gasteiger partial charge < -0.3 is 15.0 Å². The lowest BCUT2D eigenvalue weighted by molar-refractivity contribution is -0.140. The van der Waals surface area contributed by atoms with Crippen molar-refractivity contribution < 1.29 is 22.7 Å². The van der Waals surface area contributed by atoms with Crippen LogP contribution in [0.2, 0.25) is 5.02 Å². The topological polar surface area (TPSA) is 96.0 Å². The SMILES string of the molecule is COc1ccccc1N(CC(=O)N(Cc1cccc(Cl)c1)[C@H](Cc1ccccc1)C(=O)NC(C)(C)C)S(=O)(=O)c1ccccc1. The second kappa shape index (κ2) is 14.6. The number of halogens is 1. The summed E-state index contributed by atoms with van der Waals surface area (Å²) in [4.78, 5) is 30.0. The molecule has 0 aliphatic heterocycles. The van der Waals surface area contributed by atoms with Crippen molar-refractivity contribution in [2.75, 3.05) is 18.0 Å². The minimum absolute atomic E-state index is 0.0106. The molecule has 4 rings (SSSR count). The fraction of sp³-hybridized carbons (Fsp3) is 0.257. The van der Waals surface area contributed by atoms with Gasteiger partial charge in [0, 0.05) is 23.5 Å². The van der Waals surface area contributed by atoms with E-state index in [9.17, 15) is 18.0 Å². The lowest BCUT2D eigenvalue weighted by Crippen LogP contribution is -2.56. The molecule has 4 aromatic rings. The van der Waals surface area contributed by atoms with E-state index >= 15 is 0 Å². The number of para-hydroxylation sites is 2. The van der Waals surface area contributed by atoms with Gasteiger partial charge in [0.1, 0.15) is 18.3 Å². The van der Waals surface area contributed by atoms with E-state index in [0.717, 1.165) is 9.87 Å². The molecule has 1 N–H and O–H groups in total. The highest BCUT2D eigenvalue weighted by Crippen LogP contribution is 2.32. The van der Waals surface area contributed by atoms with Gasteiger partial charge in [-0.3, -0.25) is 13.9 Å². The second-order valence-corrected chi connectivity index (χ2v) is 13.9. The van der Waals surface area contributed by atoms with Gasteiger partial charge in [0.15, 0.2) is 0 Å². The van der Waals surface area contributed by atoms with Gasteiger partial charge in [-0.15, -0.1) is 0 Å². The molecule has 0 aromatic heterocycles. The highest BCUT2D eigenvalue weighted by atomic mass is 35.5. The summed E-state index contributed by atoms with van der Waals surface area (Å²) < 4.78 is 34.8. The molecule has 0 saturated heterocycles. The minimum Gasteiger partial charge on any atom is -0.495 e. The van der Waals surface area contributed by atoms with E-state index in [1.807, 2.05) is 57.2 Å². The predicted molar refractivity (Wildman–Crippen MR) is 178 cm³/mol. The Kier molecular flexibility index (Phi) is 10.9. The van der Waals surface area contributed by atoms with Crippen molar-refractivity contribution in [2.24, 2.45) is 0 Å². The molecule has 8 nitrogen and oxygen atoms in total. The van der Waals surface area contributed by atoms with Crippen LogP contribution in [0.3, 0.4) is 0 Å². The standard InChI is InChI=1S/C35H38ClN3O5S/c1-35(2,3)37-34(41)31(23-26-14-7-5-8-15-26)38(24-27-16-13-17-28(36)22-27)33(40)25-39(30-20-11-12-21-32(30)44-4)45(42,43)29-18-9-6-10-19-29/h5-22,31H,23-25H2,1-4H3,(H,37,41)/t31-/m1/s1. The summed E-state index contributed by atoms with van der Waals surface area (Å²) in [5.41, 5.74) is 1.14. The lowest BCUT2D eigenvalue weighted by atomic mass is 10.0. The third kappa shape index (κ3) is 8.86. The van der Waals surface area contributed by atoms with Gasteiger partial charge in [0.25, 0.3) is 10.0 Å². The fourth-order valence-corrected chi connectivity index (χ4v) is 6.57. The normalized spacial score (nSPS) is 12.2. The van der Waals surface area contributed by atoms with Gasteiger partial charge in [0.05, 0.1) is 17.7 Å². The maximum atomic E-state index is 14.6. The Balaban J connectivity index is 1.84. The Morgan fingerprint density at radius 2 is 1.44 bits per heavy atom. The number of hydrogen-bond acceptors (Lipinski definition) is 5. The fourth-order valence-electron chi connectivity index (χ4n) is 4.91. The van der Waals surface area contributed by atoms with Crippen LogP contribution in [0.4, 0.5) is 5.69 Å². The summed E-state index contributed by atoms with van der Waals surface area (Å²) >= 11 is 6.31. The molecule has 0 saturated carbocycles. The van der Waals surface area contributed by atoms with Crippen LogP contribution in [0.1, 0.15) is 31.9 Å². The van der Waals surface area contributed by atoms with Crippen LogP contribution in [0.15, 0.2) is 114 Å². The zero-order chi connectivity index (χ0) is 32.6. The molecule has 236 valence electrons. The average Bonchev–Trinajstić information content (AvgIpc) is 3.01. The summed E-state index contributed by atoms with van der Waals surface area (Å²) in [7, 11) is -2.81. The summed E-state index contributed by atoms with van der Waals surface area (Å²) in [6.07, 6.45) is 0.204. The summed E-state index contributed by atoms with van der Waals surface area (Å²) in [6.45, 7) is 5.02. The molecule has 1 atom stereocenters. The molecule has 0 bridgehead atoms. The zero-order valence-electron chi connectivity index (χ0n) is 25.8. The van der Waals surface area contributed by atoms with E-state index in [1.54, 1.807) is 60.7 Å². The first kappa shape index (κ1) is 33.6. The molecule has 0 unspecified atom stereocenters.